The number of benzene rings is 2. The predicted octanol–water partition coefficient (Wildman–Crippen LogP) is 5.02. The van der Waals surface area contributed by atoms with Crippen molar-refractivity contribution in [2.45, 2.75) is 19.8 Å². The number of rotatable bonds is 9. The van der Waals surface area contributed by atoms with Crippen LogP contribution in [0.1, 0.15) is 24.5 Å². The van der Waals surface area contributed by atoms with Crippen LogP contribution in [0, 0.1) is 0 Å². The second kappa shape index (κ2) is 10.7. The van der Waals surface area contributed by atoms with E-state index in [-0.39, 0.29) is 0 Å². The molecule has 3 aromatic rings. The van der Waals surface area contributed by atoms with E-state index in [2.05, 4.69) is 56.7 Å². The van der Waals surface area contributed by atoms with Gasteiger partial charge in [-0.3, -0.25) is 4.90 Å². The quantitative estimate of drug-likeness (QED) is 0.437. The lowest BCUT2D eigenvalue weighted by Gasteiger charge is -2.26. The van der Waals surface area contributed by atoms with Crippen LogP contribution >= 0.6 is 0 Å². The third-order valence-electron chi connectivity index (χ3n) is 6.03. The highest BCUT2D eigenvalue weighted by Gasteiger charge is 2.11. The Hall–Kier alpha value is -3.42. The van der Waals surface area contributed by atoms with Crippen LogP contribution in [0.25, 0.3) is 6.08 Å². The van der Waals surface area contributed by atoms with Crippen molar-refractivity contribution in [3.05, 3.63) is 71.4 Å². The van der Waals surface area contributed by atoms with Crippen molar-refractivity contribution in [3.63, 3.8) is 0 Å². The largest absolute Gasteiger partial charge is 0.493 e. The second-order valence-corrected chi connectivity index (χ2v) is 8.78. The van der Waals surface area contributed by atoms with Crippen molar-refractivity contribution in [3.8, 4) is 5.75 Å². The van der Waals surface area contributed by atoms with Gasteiger partial charge < -0.3 is 20.1 Å². The lowest BCUT2D eigenvalue weighted by atomic mass is 10.1. The molecule has 0 amide bonds. The lowest BCUT2D eigenvalue weighted by molar-refractivity contribution is 0.0358. The number of anilines is 4. The van der Waals surface area contributed by atoms with Crippen molar-refractivity contribution in [2.75, 3.05) is 50.1 Å². The Bertz CT molecular complexity index is 1160. The molecule has 0 atom stereocenters. The van der Waals surface area contributed by atoms with Gasteiger partial charge in [-0.2, -0.15) is 4.98 Å². The summed E-state index contributed by atoms with van der Waals surface area (Å²) in [6.45, 7) is 7.57. The van der Waals surface area contributed by atoms with Crippen LogP contribution in [0.15, 0.2) is 60.3 Å². The van der Waals surface area contributed by atoms with E-state index in [1.165, 1.54) is 16.7 Å². The van der Waals surface area contributed by atoms with E-state index < -0.39 is 0 Å². The molecule has 5 rings (SSSR count). The summed E-state index contributed by atoms with van der Waals surface area (Å²) in [5.74, 6) is 2.11. The third-order valence-corrected chi connectivity index (χ3v) is 6.03. The Morgan fingerprint density at radius 2 is 1.91 bits per heavy atom. The number of allylic oxidation sites excluding steroid dienone is 1. The van der Waals surface area contributed by atoms with Crippen molar-refractivity contribution >= 4 is 29.2 Å². The van der Waals surface area contributed by atoms with E-state index in [1.54, 1.807) is 6.20 Å². The van der Waals surface area contributed by atoms with E-state index in [1.807, 2.05) is 30.3 Å². The Kier molecular flexibility index (Phi) is 7.02. The summed E-state index contributed by atoms with van der Waals surface area (Å²) in [7, 11) is 0. The van der Waals surface area contributed by atoms with E-state index in [4.69, 9.17) is 9.47 Å². The van der Waals surface area contributed by atoms with Crippen LogP contribution in [-0.2, 0) is 11.2 Å². The van der Waals surface area contributed by atoms with Crippen LogP contribution in [0.3, 0.4) is 0 Å². The van der Waals surface area contributed by atoms with Gasteiger partial charge in [0.15, 0.2) is 0 Å². The first-order valence-electron chi connectivity index (χ1n) is 11.9. The van der Waals surface area contributed by atoms with E-state index in [9.17, 15) is 0 Å². The molecule has 2 aromatic carbocycles. The topological polar surface area (TPSA) is 71.5 Å². The zero-order chi connectivity index (χ0) is 23.2. The lowest BCUT2D eigenvalue weighted by Crippen LogP contribution is -2.37. The van der Waals surface area contributed by atoms with Crippen LogP contribution in [-0.4, -0.2) is 54.3 Å². The first-order valence-corrected chi connectivity index (χ1v) is 11.9. The Morgan fingerprint density at radius 3 is 2.82 bits per heavy atom. The minimum Gasteiger partial charge on any atom is -0.493 e. The molecule has 2 aliphatic rings. The monoisotopic (exact) mass is 457 g/mol. The molecule has 1 aliphatic heterocycles. The van der Waals surface area contributed by atoms with E-state index in [0.717, 1.165) is 68.6 Å². The van der Waals surface area contributed by atoms with Gasteiger partial charge >= 0.3 is 0 Å². The van der Waals surface area contributed by atoms with Gasteiger partial charge in [-0.15, -0.1) is 0 Å². The Balaban J connectivity index is 1.16. The molecule has 2 heterocycles. The summed E-state index contributed by atoms with van der Waals surface area (Å²) in [5.41, 5.74) is 5.94. The Labute approximate surface area is 200 Å². The maximum absolute atomic E-state index is 5.97. The fraction of sp³-hybridized carbons (Fsp3) is 0.333. The molecule has 7 nitrogen and oxygen atoms in total. The first kappa shape index (κ1) is 22.4. The molecule has 0 bridgehead atoms. The van der Waals surface area contributed by atoms with Gasteiger partial charge in [0.2, 0.25) is 5.95 Å². The maximum Gasteiger partial charge on any atom is 0.229 e. The highest BCUT2D eigenvalue weighted by atomic mass is 16.5. The number of hydrogen-bond acceptors (Lipinski definition) is 7. The number of nitrogens with zero attached hydrogens (tertiary/aromatic N) is 3. The number of morpholine rings is 1. The summed E-state index contributed by atoms with van der Waals surface area (Å²) in [5, 5.41) is 6.68. The summed E-state index contributed by atoms with van der Waals surface area (Å²) in [6.07, 6.45) is 6.02. The van der Waals surface area contributed by atoms with Gasteiger partial charge in [-0.05, 0) is 61.2 Å². The molecular formula is C27H31N5O2. The second-order valence-electron chi connectivity index (χ2n) is 8.78. The molecule has 1 saturated heterocycles. The van der Waals surface area contributed by atoms with Crippen LogP contribution in [0.4, 0.5) is 23.1 Å². The van der Waals surface area contributed by atoms with Crippen molar-refractivity contribution in [1.82, 2.24) is 14.9 Å². The molecule has 176 valence electrons. The van der Waals surface area contributed by atoms with Crippen molar-refractivity contribution < 1.29 is 9.47 Å². The molecule has 2 N–H and O–H groups in total. The van der Waals surface area contributed by atoms with Crippen molar-refractivity contribution in [1.29, 1.82) is 0 Å². The fourth-order valence-corrected chi connectivity index (χ4v) is 4.32. The number of nitrogens with one attached hydrogen (secondary N) is 2. The molecule has 0 spiro atoms. The standard InChI is InChI=1S/C27H31N5O2/c1-20-16-21-6-7-24(18-22(21)17-20)29-26-8-9-28-27(31-26)30-23-4-2-5-25(19-23)34-13-3-10-32-11-14-33-15-12-32/h2,4-9,17-19H,3,10-16H2,1H3,(H2,28,29,30,31). The zero-order valence-corrected chi connectivity index (χ0v) is 19.6. The number of hydrogen-bond donors (Lipinski definition) is 2. The zero-order valence-electron chi connectivity index (χ0n) is 19.6. The van der Waals surface area contributed by atoms with Crippen LogP contribution in [0.2, 0.25) is 0 Å². The van der Waals surface area contributed by atoms with Gasteiger partial charge in [0, 0.05) is 43.3 Å². The Morgan fingerprint density at radius 1 is 1.03 bits per heavy atom. The summed E-state index contributed by atoms with van der Waals surface area (Å²) in [4.78, 5) is 11.4. The molecule has 1 fully saturated rings. The summed E-state index contributed by atoms with van der Waals surface area (Å²) in [6, 6.07) is 16.2. The third kappa shape index (κ3) is 5.92. The number of aromatic nitrogens is 2. The van der Waals surface area contributed by atoms with Gasteiger partial charge in [0.25, 0.3) is 0 Å². The molecule has 34 heavy (non-hydrogen) atoms. The number of ether oxygens (including phenoxy) is 2. The molecule has 7 heteroatoms. The SMILES string of the molecule is CC1=Cc2cc(Nc3ccnc(Nc4cccc(OCCCN5CCOCC5)c4)n3)ccc2C1. The number of fused-ring (bicyclic) bond motifs is 1. The van der Waals surface area contributed by atoms with E-state index >= 15 is 0 Å². The maximum atomic E-state index is 5.97. The average Bonchev–Trinajstić information content (AvgIpc) is 3.22. The normalized spacial score (nSPS) is 15.5. The van der Waals surface area contributed by atoms with Crippen LogP contribution in [0.5, 0.6) is 5.75 Å². The van der Waals surface area contributed by atoms with Crippen molar-refractivity contribution in [2.24, 2.45) is 0 Å². The molecule has 1 aliphatic carbocycles. The van der Waals surface area contributed by atoms with Gasteiger partial charge in [-0.1, -0.05) is 23.8 Å². The summed E-state index contributed by atoms with van der Waals surface area (Å²) >= 11 is 0. The first-order chi connectivity index (χ1) is 16.7. The van der Waals surface area contributed by atoms with Gasteiger partial charge in [0.1, 0.15) is 11.6 Å². The van der Waals surface area contributed by atoms with Gasteiger partial charge in [-0.25, -0.2) is 4.98 Å². The smallest absolute Gasteiger partial charge is 0.229 e. The highest BCUT2D eigenvalue weighted by Crippen LogP contribution is 2.28. The van der Waals surface area contributed by atoms with Gasteiger partial charge in [0.05, 0.1) is 19.8 Å². The molecular weight excluding hydrogens is 426 g/mol. The van der Waals surface area contributed by atoms with Crippen LogP contribution < -0.4 is 15.4 Å². The summed E-state index contributed by atoms with van der Waals surface area (Å²) < 4.78 is 11.4. The minimum atomic E-state index is 0.534. The molecule has 0 unspecified atom stereocenters. The predicted molar refractivity (Wildman–Crippen MR) is 136 cm³/mol. The molecule has 0 saturated carbocycles. The fourth-order valence-electron chi connectivity index (χ4n) is 4.32. The molecule has 1 aromatic heterocycles. The van der Waals surface area contributed by atoms with E-state index in [0.29, 0.717) is 12.6 Å². The average molecular weight is 458 g/mol. The minimum absolute atomic E-state index is 0.534. The molecule has 0 radical (unpaired) electrons. The highest BCUT2D eigenvalue weighted by molar-refractivity contribution is 5.70.